The number of ether oxygens (including phenoxy) is 3. The van der Waals surface area contributed by atoms with E-state index in [1.54, 1.807) is 71.3 Å². The van der Waals surface area contributed by atoms with Gasteiger partial charge in [-0.2, -0.15) is 0 Å². The van der Waals surface area contributed by atoms with Crippen molar-refractivity contribution in [1.29, 1.82) is 0 Å². The minimum atomic E-state index is -0.947. The Labute approximate surface area is 585 Å². The summed E-state index contributed by atoms with van der Waals surface area (Å²) < 4.78 is 16.4. The van der Waals surface area contributed by atoms with Crippen molar-refractivity contribution in [2.45, 2.75) is 45.4 Å². The average Bonchev–Trinajstić information content (AvgIpc) is 1.12. The van der Waals surface area contributed by atoms with Crippen LogP contribution in [0.1, 0.15) is 105 Å². The van der Waals surface area contributed by atoms with Crippen LogP contribution in [-0.2, 0) is 27.1 Å². The van der Waals surface area contributed by atoms with Gasteiger partial charge in [-0.25, -0.2) is 19.6 Å². The number of amides is 4. The summed E-state index contributed by atoms with van der Waals surface area (Å²) in [6.07, 6.45) is 5.24. The van der Waals surface area contributed by atoms with Crippen LogP contribution < -0.4 is 49.1 Å². The topological polar surface area (TPSA) is 243 Å². The zero-order valence-corrected chi connectivity index (χ0v) is 55.9. The van der Waals surface area contributed by atoms with Crippen LogP contribution in [0.3, 0.4) is 0 Å². The number of rotatable bonds is 11. The van der Waals surface area contributed by atoms with E-state index in [-0.39, 0.29) is 64.8 Å². The number of aromatic carboxylic acids is 1. The van der Waals surface area contributed by atoms with Gasteiger partial charge >= 0.3 is 30.8 Å². The summed E-state index contributed by atoms with van der Waals surface area (Å²) in [5.41, 5.74) is 10.6. The molecule has 2 spiro atoms. The Morgan fingerprint density at radius 3 is 1.36 bits per heavy atom. The molecule has 4 N–H and O–H groups in total. The molecular weight excluding hydrogens is 1270 g/mol. The maximum absolute atomic E-state index is 14.0. The molecule has 6 aromatic carbocycles. The molecule has 0 atom stereocenters. The molecule has 6 aliphatic rings. The van der Waals surface area contributed by atoms with Crippen molar-refractivity contribution in [3.63, 3.8) is 0 Å². The number of nitrogens with one attached hydrogen (secondary N) is 2. The summed E-state index contributed by atoms with van der Waals surface area (Å²) in [5.74, 6) is -0.671. The van der Waals surface area contributed by atoms with E-state index in [9.17, 15) is 33.9 Å². The van der Waals surface area contributed by atoms with Gasteiger partial charge in [0.2, 0.25) is 0 Å². The van der Waals surface area contributed by atoms with Crippen molar-refractivity contribution in [1.82, 2.24) is 9.97 Å². The van der Waals surface area contributed by atoms with Crippen molar-refractivity contribution in [2.24, 2.45) is 10.8 Å². The van der Waals surface area contributed by atoms with Crippen LogP contribution in [0.25, 0.3) is 42.7 Å². The van der Waals surface area contributed by atoms with Gasteiger partial charge < -0.3 is 55.0 Å². The Kier molecular flexibility index (Phi) is 19.2. The maximum Gasteiger partial charge on any atom is 1.00 e. The molecule has 6 aliphatic heterocycles. The number of fused-ring (bicyclic) bond motifs is 8. The number of pyridine rings is 2. The van der Waals surface area contributed by atoms with E-state index in [1.807, 2.05) is 115 Å². The summed E-state index contributed by atoms with van der Waals surface area (Å²) in [6.45, 7) is 9.53. The minimum Gasteiger partial charge on any atom is -0.870 e. The van der Waals surface area contributed by atoms with Gasteiger partial charge in [-0.1, -0.05) is 72.8 Å². The van der Waals surface area contributed by atoms with Gasteiger partial charge in [-0.05, 0) is 154 Å². The Bertz CT molecular complexity index is 4720. The third-order valence-corrected chi connectivity index (χ3v) is 21.8. The van der Waals surface area contributed by atoms with Crippen molar-refractivity contribution in [3.8, 4) is 20.9 Å². The maximum atomic E-state index is 14.0. The number of nitrogens with zero attached hydrogens (tertiary/aromatic N) is 6. The average molecular weight is 1340 g/mol. The number of carboxylic acids is 1. The number of hydrogen-bond acceptors (Lipinski definition) is 16. The van der Waals surface area contributed by atoms with Gasteiger partial charge in [-0.15, -0.1) is 22.7 Å². The second kappa shape index (κ2) is 28.1. The largest absolute Gasteiger partial charge is 1.00 e. The fraction of sp³-hybridized carbons (Fsp3) is 0.263. The molecule has 16 rings (SSSR count). The number of para-hydroxylation sites is 4. The molecule has 0 saturated carbocycles. The van der Waals surface area contributed by atoms with Gasteiger partial charge in [-0.3, -0.25) is 19.2 Å². The quantitative estimate of drug-likeness (QED) is 0.0805. The van der Waals surface area contributed by atoms with Crippen LogP contribution in [0.5, 0.6) is 0 Å². The van der Waals surface area contributed by atoms with Crippen LogP contribution in [0, 0.1) is 10.8 Å². The summed E-state index contributed by atoms with van der Waals surface area (Å²) >= 11 is 2.64. The molecular formula is C76H69LiN8O11S2. The molecule has 10 heterocycles. The molecule has 98 heavy (non-hydrogen) atoms. The molecule has 0 bridgehead atoms. The molecule has 0 unspecified atom stereocenters. The van der Waals surface area contributed by atoms with E-state index in [0.717, 1.165) is 143 Å². The first-order chi connectivity index (χ1) is 46.8. The molecule has 4 amide bonds. The molecule has 4 saturated heterocycles. The van der Waals surface area contributed by atoms with Crippen molar-refractivity contribution >= 4 is 114 Å². The third-order valence-electron chi connectivity index (χ3n) is 19.4. The SMILES string of the molecule is CCOC(=O)c1cc2c(s1)-c1ccccc1N(C(=O)c1ccc(NC(=O)c3cc4ccccc4nc3N3CC4(CCOCC4)C3)cc1)CC2.O=C(O)c1cc2c(s1)-c1ccccc1N(C(=O)c1ccc(NC(=O)c3cc4ccccc4nc3N3CC4(CCOCC4)C3)cc1)CC2.[Li+].[OH-]. The molecule has 492 valence electrons. The number of carboxylic acid groups (broad SMARTS) is 1. The summed E-state index contributed by atoms with van der Waals surface area (Å²) in [7, 11) is 0. The first-order valence-corrected chi connectivity index (χ1v) is 34.2. The van der Waals surface area contributed by atoms with Crippen LogP contribution >= 0.6 is 22.7 Å². The standard InChI is InChI=1S/C39H36N4O5S.C37H32N4O5S.Li.H2O/c1-2-48-38(46)33-22-27-15-18-43(32-10-6-4-8-29(32)34(27)49-33)37(45)25-11-13-28(14-12-25)40-36(44)30-21-26-7-3-5-9-31(26)41-35(30)42-23-39(24-42)16-19-47-20-17-39;42-34(28-19-24-5-1-3-7-29(24)39-33(28)40-21-37(22-40)14-17-46-18-15-37)38-26-11-9-23(10-12-26)35(43)41-16-13-25-20-31(36(44)45)47-32(25)27-6-2-4-8-30(27)41;;/h3-14,21-22H,2,15-20,23-24H2,1H3,(H,40,44);1-12,19-20H,13-18,21-22H2,(H,38,42)(H,44,45);;1H2/q;;+1;/p-1. The van der Waals surface area contributed by atoms with Crippen LogP contribution in [0.2, 0.25) is 0 Å². The van der Waals surface area contributed by atoms with Gasteiger partial charge in [0.25, 0.3) is 23.6 Å². The molecule has 4 aromatic heterocycles. The van der Waals surface area contributed by atoms with Crippen LogP contribution in [0.4, 0.5) is 34.4 Å². The minimum absolute atomic E-state index is 0. The number of esters is 1. The fourth-order valence-electron chi connectivity index (χ4n) is 14.2. The van der Waals surface area contributed by atoms with E-state index in [4.69, 9.17) is 24.2 Å². The Morgan fingerprint density at radius 2 is 0.929 bits per heavy atom. The molecule has 22 heteroatoms. The van der Waals surface area contributed by atoms with Crippen molar-refractivity contribution in [3.05, 3.63) is 213 Å². The molecule has 0 aliphatic carbocycles. The molecule has 4 fully saturated rings. The van der Waals surface area contributed by atoms with E-state index in [0.29, 0.717) is 87.6 Å². The summed E-state index contributed by atoms with van der Waals surface area (Å²) in [5, 5.41) is 17.4. The van der Waals surface area contributed by atoms with Crippen molar-refractivity contribution in [2.75, 3.05) is 103 Å². The number of carbonyl (C=O) groups excluding carboxylic acids is 5. The Morgan fingerprint density at radius 1 is 0.531 bits per heavy atom. The summed E-state index contributed by atoms with van der Waals surface area (Å²) in [6, 6.07) is 52.5. The number of anilines is 6. The van der Waals surface area contributed by atoms with E-state index < -0.39 is 5.97 Å². The Balaban J connectivity index is 0.000000173. The van der Waals surface area contributed by atoms with Crippen molar-refractivity contribution < 1.29 is 72.4 Å². The number of aromatic nitrogens is 2. The predicted octanol–water partition coefficient (Wildman–Crippen LogP) is 10.8. The predicted molar refractivity (Wildman–Crippen MR) is 377 cm³/mol. The zero-order valence-electron chi connectivity index (χ0n) is 54.3. The number of carbonyl (C=O) groups is 6. The first-order valence-electron chi connectivity index (χ1n) is 32.5. The number of benzene rings is 6. The fourth-order valence-corrected chi connectivity index (χ4v) is 16.4. The van der Waals surface area contributed by atoms with Crippen LogP contribution in [0.15, 0.2) is 170 Å². The van der Waals surface area contributed by atoms with Crippen LogP contribution in [-0.4, -0.2) is 128 Å². The van der Waals surface area contributed by atoms with Gasteiger partial charge in [0.1, 0.15) is 21.4 Å². The molecule has 19 nitrogen and oxygen atoms in total. The monoisotopic (exact) mass is 1340 g/mol. The van der Waals surface area contributed by atoms with Gasteiger partial charge in [0, 0.05) is 131 Å². The van der Waals surface area contributed by atoms with E-state index in [2.05, 4.69) is 20.4 Å². The van der Waals surface area contributed by atoms with Gasteiger partial charge in [0.15, 0.2) is 0 Å². The third kappa shape index (κ3) is 13.1. The van der Waals surface area contributed by atoms with E-state index in [1.165, 1.54) is 22.7 Å². The molecule has 0 radical (unpaired) electrons. The molecule has 10 aromatic rings. The second-order valence-corrected chi connectivity index (χ2v) is 27.6. The zero-order chi connectivity index (χ0) is 65.7. The van der Waals surface area contributed by atoms with Gasteiger partial charge in [0.05, 0.1) is 40.1 Å². The first kappa shape index (κ1) is 67.0. The number of hydrogen-bond donors (Lipinski definition) is 3. The summed E-state index contributed by atoms with van der Waals surface area (Å²) in [4.78, 5) is 100. The Hall–Kier alpha value is -9.56. The smallest absolute Gasteiger partial charge is 0.870 e. The normalized spacial score (nSPS) is 16.1. The van der Waals surface area contributed by atoms with E-state index >= 15 is 0 Å². The second-order valence-electron chi connectivity index (χ2n) is 25.5. The number of thiophene rings is 2.